The number of benzene rings is 1. The number of carbonyl (C=O) groups excluding carboxylic acids is 3. The fraction of sp³-hybridized carbons (Fsp3) is 0. The zero-order valence-corrected chi connectivity index (χ0v) is 9.25. The molecular formula is C13H9NO4. The molecule has 18 heavy (non-hydrogen) atoms. The molecule has 0 radical (unpaired) electrons. The van der Waals surface area contributed by atoms with E-state index in [1.54, 1.807) is 6.08 Å². The van der Waals surface area contributed by atoms with Crippen LogP contribution in [0.15, 0.2) is 48.2 Å². The predicted molar refractivity (Wildman–Crippen MR) is 62.8 cm³/mol. The highest BCUT2D eigenvalue weighted by Gasteiger charge is 2.23. The zero-order valence-electron chi connectivity index (χ0n) is 9.25. The summed E-state index contributed by atoms with van der Waals surface area (Å²) in [5.74, 6) is -2.30. The molecule has 5 heteroatoms. The molecule has 0 aromatic heterocycles. The molecule has 0 aliphatic carbocycles. The number of rotatable bonds is 3. The Labute approximate surface area is 103 Å². The molecule has 0 saturated carbocycles. The van der Waals surface area contributed by atoms with E-state index in [1.807, 2.05) is 35.6 Å². The van der Waals surface area contributed by atoms with Crippen molar-refractivity contribution >= 4 is 23.9 Å². The highest BCUT2D eigenvalue weighted by Crippen LogP contribution is 2.06. The van der Waals surface area contributed by atoms with Gasteiger partial charge in [-0.2, -0.15) is 0 Å². The molecule has 2 amide bonds. The predicted octanol–water partition coefficient (Wildman–Crippen LogP) is 0.783. The number of esters is 1. The molecule has 1 aromatic rings. The fourth-order valence-electron chi connectivity index (χ4n) is 1.34. The van der Waals surface area contributed by atoms with Gasteiger partial charge in [0.15, 0.2) is 0 Å². The summed E-state index contributed by atoms with van der Waals surface area (Å²) in [7, 11) is 0. The van der Waals surface area contributed by atoms with Gasteiger partial charge in [-0.15, -0.1) is 0 Å². The number of amides is 2. The fourth-order valence-corrected chi connectivity index (χ4v) is 1.34. The Hall–Kier alpha value is -2.69. The van der Waals surface area contributed by atoms with E-state index in [0.29, 0.717) is 0 Å². The Morgan fingerprint density at radius 3 is 2.50 bits per heavy atom. The van der Waals surface area contributed by atoms with E-state index in [9.17, 15) is 14.4 Å². The summed E-state index contributed by atoms with van der Waals surface area (Å²) < 4.78 is 4.72. The molecule has 1 aliphatic heterocycles. The highest BCUT2D eigenvalue weighted by molar-refractivity contribution is 6.16. The van der Waals surface area contributed by atoms with Crippen LogP contribution in [0.1, 0.15) is 5.56 Å². The Kier molecular flexibility index (Phi) is 3.33. The van der Waals surface area contributed by atoms with Gasteiger partial charge in [0.25, 0.3) is 11.8 Å². The van der Waals surface area contributed by atoms with Gasteiger partial charge in [0.2, 0.25) is 5.76 Å². The van der Waals surface area contributed by atoms with Crippen molar-refractivity contribution in [1.29, 1.82) is 0 Å². The Balaban J connectivity index is 1.98. The first-order valence-electron chi connectivity index (χ1n) is 5.17. The topological polar surface area (TPSA) is 72.5 Å². The molecule has 2 rings (SSSR count). The van der Waals surface area contributed by atoms with Gasteiger partial charge in [0.05, 0.1) is 6.08 Å². The van der Waals surface area contributed by atoms with E-state index < -0.39 is 17.8 Å². The molecule has 0 saturated heterocycles. The SMILES string of the molecule is O=C1C=C(OC(=O)C=Cc2ccccc2)C(=O)N1. The molecule has 1 N–H and O–H groups in total. The molecule has 5 nitrogen and oxygen atoms in total. The maximum atomic E-state index is 11.4. The van der Waals surface area contributed by atoms with Crippen molar-refractivity contribution in [2.75, 3.05) is 0 Å². The molecule has 0 atom stereocenters. The average Bonchev–Trinajstić information content (AvgIpc) is 2.67. The summed E-state index contributed by atoms with van der Waals surface area (Å²) in [5, 5.41) is 1.97. The van der Waals surface area contributed by atoms with Crippen LogP contribution in [0, 0.1) is 0 Å². The Morgan fingerprint density at radius 1 is 1.17 bits per heavy atom. The summed E-state index contributed by atoms with van der Waals surface area (Å²) in [6.45, 7) is 0. The van der Waals surface area contributed by atoms with Crippen LogP contribution in [0.4, 0.5) is 0 Å². The largest absolute Gasteiger partial charge is 0.417 e. The average molecular weight is 243 g/mol. The molecule has 90 valence electrons. The minimum absolute atomic E-state index is 0.289. The van der Waals surface area contributed by atoms with Crippen molar-refractivity contribution in [3.8, 4) is 0 Å². The summed E-state index contributed by atoms with van der Waals surface area (Å²) >= 11 is 0. The van der Waals surface area contributed by atoms with Crippen molar-refractivity contribution in [1.82, 2.24) is 5.32 Å². The van der Waals surface area contributed by atoms with Crippen LogP contribution >= 0.6 is 0 Å². The number of imide groups is 1. The third-order valence-electron chi connectivity index (χ3n) is 2.14. The molecule has 1 aliphatic rings. The van der Waals surface area contributed by atoms with Gasteiger partial charge >= 0.3 is 5.97 Å². The molecule has 0 unspecified atom stereocenters. The first-order chi connectivity index (χ1) is 8.65. The van der Waals surface area contributed by atoms with Gasteiger partial charge in [-0.25, -0.2) is 4.79 Å². The zero-order chi connectivity index (χ0) is 13.0. The number of nitrogens with one attached hydrogen (secondary N) is 1. The van der Waals surface area contributed by atoms with E-state index in [0.717, 1.165) is 11.6 Å². The van der Waals surface area contributed by atoms with Crippen LogP contribution < -0.4 is 5.32 Å². The second-order valence-electron chi connectivity index (χ2n) is 3.49. The van der Waals surface area contributed by atoms with Crippen molar-refractivity contribution in [2.24, 2.45) is 0 Å². The smallest absolute Gasteiger partial charge is 0.336 e. The van der Waals surface area contributed by atoms with E-state index >= 15 is 0 Å². The van der Waals surface area contributed by atoms with E-state index in [4.69, 9.17) is 4.74 Å². The quantitative estimate of drug-likeness (QED) is 0.484. The van der Waals surface area contributed by atoms with Crippen LogP contribution in [0.5, 0.6) is 0 Å². The number of hydrogen-bond acceptors (Lipinski definition) is 4. The molecule has 0 spiro atoms. The van der Waals surface area contributed by atoms with Crippen LogP contribution in [-0.2, 0) is 19.1 Å². The van der Waals surface area contributed by atoms with Gasteiger partial charge in [-0.1, -0.05) is 30.3 Å². The molecule has 1 heterocycles. The van der Waals surface area contributed by atoms with Crippen molar-refractivity contribution in [3.05, 3.63) is 53.8 Å². The minimum atomic E-state index is -0.713. The standard InChI is InChI=1S/C13H9NO4/c15-11-8-10(13(17)14-11)18-12(16)7-6-9-4-2-1-3-5-9/h1-8H,(H,14,15,17). The van der Waals surface area contributed by atoms with Gasteiger partial charge < -0.3 is 4.74 Å². The second-order valence-corrected chi connectivity index (χ2v) is 3.49. The maximum absolute atomic E-state index is 11.4. The van der Waals surface area contributed by atoms with Crippen LogP contribution in [0.3, 0.4) is 0 Å². The van der Waals surface area contributed by atoms with E-state index in [2.05, 4.69) is 0 Å². The molecule has 0 bridgehead atoms. The van der Waals surface area contributed by atoms with Crippen molar-refractivity contribution < 1.29 is 19.1 Å². The lowest BCUT2D eigenvalue weighted by Crippen LogP contribution is -2.23. The van der Waals surface area contributed by atoms with Crippen LogP contribution in [-0.4, -0.2) is 17.8 Å². The summed E-state index contributed by atoms with van der Waals surface area (Å²) in [6, 6.07) is 9.14. The van der Waals surface area contributed by atoms with Crippen molar-refractivity contribution in [2.45, 2.75) is 0 Å². The third-order valence-corrected chi connectivity index (χ3v) is 2.14. The third kappa shape index (κ3) is 2.91. The van der Waals surface area contributed by atoms with E-state index in [-0.39, 0.29) is 5.76 Å². The minimum Gasteiger partial charge on any atom is -0.417 e. The highest BCUT2D eigenvalue weighted by atomic mass is 16.5. The van der Waals surface area contributed by atoms with Gasteiger partial charge in [0, 0.05) is 6.08 Å². The van der Waals surface area contributed by atoms with Crippen LogP contribution in [0.25, 0.3) is 6.08 Å². The van der Waals surface area contributed by atoms with Gasteiger partial charge in [-0.05, 0) is 11.6 Å². The van der Waals surface area contributed by atoms with E-state index in [1.165, 1.54) is 6.08 Å². The monoisotopic (exact) mass is 243 g/mol. The lowest BCUT2D eigenvalue weighted by Gasteiger charge is -1.98. The Morgan fingerprint density at radius 2 is 1.89 bits per heavy atom. The van der Waals surface area contributed by atoms with Crippen molar-refractivity contribution in [3.63, 3.8) is 0 Å². The second kappa shape index (κ2) is 5.09. The first-order valence-corrected chi connectivity index (χ1v) is 5.17. The van der Waals surface area contributed by atoms with Crippen LogP contribution in [0.2, 0.25) is 0 Å². The molecular weight excluding hydrogens is 234 g/mol. The van der Waals surface area contributed by atoms with Gasteiger partial charge in [0.1, 0.15) is 0 Å². The Bertz CT molecular complexity index is 558. The lowest BCUT2D eigenvalue weighted by atomic mass is 10.2. The first kappa shape index (κ1) is 11.8. The normalized spacial score (nSPS) is 14.6. The van der Waals surface area contributed by atoms with Gasteiger partial charge in [-0.3, -0.25) is 14.9 Å². The summed E-state index contributed by atoms with van der Waals surface area (Å²) in [5.41, 5.74) is 0.829. The number of ether oxygens (including phenoxy) is 1. The number of hydrogen-bond donors (Lipinski definition) is 1. The summed E-state index contributed by atoms with van der Waals surface area (Å²) in [4.78, 5) is 33.3. The number of carbonyl (C=O) groups is 3. The maximum Gasteiger partial charge on any atom is 0.336 e. The summed E-state index contributed by atoms with van der Waals surface area (Å²) in [6.07, 6.45) is 3.68. The molecule has 1 aromatic carbocycles. The lowest BCUT2D eigenvalue weighted by molar-refractivity contribution is -0.138. The molecule has 0 fully saturated rings.